The number of aliphatic carboxylic acids is 1. The van der Waals surface area contributed by atoms with Crippen molar-refractivity contribution in [3.8, 4) is 0 Å². The van der Waals surface area contributed by atoms with Crippen molar-refractivity contribution in [1.29, 1.82) is 0 Å². The number of likely N-dealkylation sites (N-methyl/N-ethyl adjacent to an activating group) is 1. The maximum absolute atomic E-state index is 10.8. The first-order chi connectivity index (χ1) is 10.1. The van der Waals surface area contributed by atoms with Crippen LogP contribution >= 0.6 is 11.8 Å². The van der Waals surface area contributed by atoms with E-state index in [0.29, 0.717) is 17.8 Å². The summed E-state index contributed by atoms with van der Waals surface area (Å²) in [6, 6.07) is 0.592. The van der Waals surface area contributed by atoms with E-state index in [9.17, 15) is 4.79 Å². The smallest absolute Gasteiger partial charge is 0.313 e. The number of methoxy groups -OCH3 is 1. The summed E-state index contributed by atoms with van der Waals surface area (Å²) in [6.07, 6.45) is 2.20. The van der Waals surface area contributed by atoms with Gasteiger partial charge in [0.15, 0.2) is 5.16 Å². The Morgan fingerprint density at radius 2 is 2.29 bits per heavy atom. The Labute approximate surface area is 128 Å². The molecule has 0 aliphatic heterocycles. The van der Waals surface area contributed by atoms with Gasteiger partial charge in [-0.3, -0.25) is 9.36 Å². The maximum Gasteiger partial charge on any atom is 0.313 e. The average Bonchev–Trinajstić information content (AvgIpc) is 3.19. The molecule has 2 rings (SSSR count). The molecule has 0 amide bonds. The Bertz CT molecular complexity index is 490. The first-order valence-corrected chi connectivity index (χ1v) is 8.12. The highest BCUT2D eigenvalue weighted by molar-refractivity contribution is 7.99. The molecular weight excluding hydrogens is 292 g/mol. The van der Waals surface area contributed by atoms with Crippen LogP contribution in [0.15, 0.2) is 5.16 Å². The Morgan fingerprint density at radius 3 is 2.81 bits per heavy atom. The zero-order chi connectivity index (χ0) is 15.4. The third kappa shape index (κ3) is 3.88. The van der Waals surface area contributed by atoms with Gasteiger partial charge in [0.25, 0.3) is 0 Å². The minimum Gasteiger partial charge on any atom is -0.481 e. The molecule has 0 spiro atoms. The van der Waals surface area contributed by atoms with Crippen LogP contribution in [0.3, 0.4) is 0 Å². The summed E-state index contributed by atoms with van der Waals surface area (Å²) in [4.78, 5) is 12.9. The zero-order valence-electron chi connectivity index (χ0n) is 12.7. The average molecular weight is 314 g/mol. The van der Waals surface area contributed by atoms with Gasteiger partial charge in [-0.05, 0) is 26.7 Å². The standard InChI is InChI=1S/C13H22N4O3S/c1-4-16(9(2)7-20-3)12-14-15-13(21-8-11(18)19)17(12)10-5-6-10/h9-10H,4-8H2,1-3H3,(H,18,19). The lowest BCUT2D eigenvalue weighted by Crippen LogP contribution is -2.38. The number of nitrogens with zero attached hydrogens (tertiary/aromatic N) is 4. The zero-order valence-corrected chi connectivity index (χ0v) is 13.5. The van der Waals surface area contributed by atoms with E-state index in [2.05, 4.69) is 33.5 Å². The van der Waals surface area contributed by atoms with Crippen LogP contribution in [0.1, 0.15) is 32.7 Å². The number of thioether (sulfide) groups is 1. The maximum atomic E-state index is 10.8. The van der Waals surface area contributed by atoms with Gasteiger partial charge in [0, 0.05) is 19.7 Å². The summed E-state index contributed by atoms with van der Waals surface area (Å²) >= 11 is 1.23. The molecule has 0 saturated heterocycles. The Kier molecular flexibility index (Phi) is 5.46. The molecule has 7 nitrogen and oxygen atoms in total. The molecule has 1 N–H and O–H groups in total. The second-order valence-electron chi connectivity index (χ2n) is 5.16. The molecule has 1 aromatic rings. The van der Waals surface area contributed by atoms with Crippen LogP contribution in [0.4, 0.5) is 5.95 Å². The van der Waals surface area contributed by atoms with Gasteiger partial charge in [-0.25, -0.2) is 0 Å². The van der Waals surface area contributed by atoms with Crippen molar-refractivity contribution < 1.29 is 14.6 Å². The minimum absolute atomic E-state index is 0.00457. The van der Waals surface area contributed by atoms with Gasteiger partial charge in [-0.15, -0.1) is 10.2 Å². The molecule has 0 bridgehead atoms. The molecule has 1 heterocycles. The lowest BCUT2D eigenvalue weighted by molar-refractivity contribution is -0.133. The fourth-order valence-electron chi connectivity index (χ4n) is 2.32. The number of ether oxygens (including phenoxy) is 1. The third-order valence-corrected chi connectivity index (χ3v) is 4.35. The lowest BCUT2D eigenvalue weighted by atomic mass is 10.3. The summed E-state index contributed by atoms with van der Waals surface area (Å²) in [5.41, 5.74) is 0. The molecule has 1 aromatic heterocycles. The predicted octanol–water partition coefficient (Wildman–Crippen LogP) is 1.65. The van der Waals surface area contributed by atoms with Gasteiger partial charge in [-0.1, -0.05) is 11.8 Å². The van der Waals surface area contributed by atoms with E-state index in [1.807, 2.05) is 0 Å². The van der Waals surface area contributed by atoms with Crippen molar-refractivity contribution in [3.63, 3.8) is 0 Å². The number of rotatable bonds is 9. The molecule has 1 aliphatic rings. The summed E-state index contributed by atoms with van der Waals surface area (Å²) in [5, 5.41) is 18.0. The number of hydrogen-bond acceptors (Lipinski definition) is 6. The summed E-state index contributed by atoms with van der Waals surface area (Å²) in [7, 11) is 1.68. The van der Waals surface area contributed by atoms with Crippen LogP contribution in [0.2, 0.25) is 0 Å². The fraction of sp³-hybridized carbons (Fsp3) is 0.769. The molecule has 8 heteroatoms. The SMILES string of the molecule is CCN(c1nnc(SCC(=O)O)n1C1CC1)C(C)COC. The molecule has 0 radical (unpaired) electrons. The Hall–Kier alpha value is -1.28. The van der Waals surface area contributed by atoms with E-state index in [1.165, 1.54) is 11.8 Å². The normalized spacial score (nSPS) is 16.0. The van der Waals surface area contributed by atoms with Crippen LogP contribution in [-0.4, -0.2) is 57.9 Å². The van der Waals surface area contributed by atoms with Crippen LogP contribution in [0.25, 0.3) is 0 Å². The molecule has 1 fully saturated rings. The molecule has 1 saturated carbocycles. The second-order valence-corrected chi connectivity index (χ2v) is 6.10. The van der Waals surface area contributed by atoms with E-state index in [-0.39, 0.29) is 11.8 Å². The van der Waals surface area contributed by atoms with Crippen LogP contribution in [0.5, 0.6) is 0 Å². The van der Waals surface area contributed by atoms with Gasteiger partial charge >= 0.3 is 5.97 Å². The van der Waals surface area contributed by atoms with E-state index in [0.717, 1.165) is 25.3 Å². The monoisotopic (exact) mass is 314 g/mol. The van der Waals surface area contributed by atoms with Crippen molar-refractivity contribution >= 4 is 23.7 Å². The highest BCUT2D eigenvalue weighted by Crippen LogP contribution is 2.41. The van der Waals surface area contributed by atoms with Crippen molar-refractivity contribution in [2.24, 2.45) is 0 Å². The number of carboxylic acids is 1. The Balaban J connectivity index is 2.23. The summed E-state index contributed by atoms with van der Waals surface area (Å²) in [6.45, 7) is 5.58. The summed E-state index contributed by atoms with van der Waals surface area (Å²) in [5.74, 6) is -0.0191. The van der Waals surface area contributed by atoms with Gasteiger partial charge in [0.05, 0.1) is 18.4 Å². The quantitative estimate of drug-likeness (QED) is 0.694. The number of aromatic nitrogens is 3. The van der Waals surface area contributed by atoms with Gasteiger partial charge in [-0.2, -0.15) is 0 Å². The van der Waals surface area contributed by atoms with Crippen LogP contribution < -0.4 is 4.90 Å². The molecule has 118 valence electrons. The van der Waals surface area contributed by atoms with Gasteiger partial charge in [0.2, 0.25) is 5.95 Å². The molecule has 21 heavy (non-hydrogen) atoms. The molecular formula is C13H22N4O3S. The van der Waals surface area contributed by atoms with Gasteiger partial charge in [0.1, 0.15) is 0 Å². The first-order valence-electron chi connectivity index (χ1n) is 7.13. The van der Waals surface area contributed by atoms with Crippen molar-refractivity contribution in [3.05, 3.63) is 0 Å². The van der Waals surface area contributed by atoms with Crippen LogP contribution in [0, 0.1) is 0 Å². The molecule has 0 aromatic carbocycles. The third-order valence-electron chi connectivity index (χ3n) is 3.42. The Morgan fingerprint density at radius 1 is 1.57 bits per heavy atom. The molecule has 1 atom stereocenters. The summed E-state index contributed by atoms with van der Waals surface area (Å²) < 4.78 is 7.31. The second kappa shape index (κ2) is 7.13. The largest absolute Gasteiger partial charge is 0.481 e. The highest BCUT2D eigenvalue weighted by atomic mass is 32.2. The van der Waals surface area contributed by atoms with E-state index < -0.39 is 5.97 Å². The highest BCUT2D eigenvalue weighted by Gasteiger charge is 2.32. The minimum atomic E-state index is -0.841. The first kappa shape index (κ1) is 16.1. The van der Waals surface area contributed by atoms with Crippen molar-refractivity contribution in [2.75, 3.05) is 30.9 Å². The number of carbonyl (C=O) groups is 1. The van der Waals surface area contributed by atoms with Crippen molar-refractivity contribution in [2.45, 2.75) is 43.9 Å². The van der Waals surface area contributed by atoms with Crippen LogP contribution in [-0.2, 0) is 9.53 Å². The number of hydrogen-bond donors (Lipinski definition) is 1. The van der Waals surface area contributed by atoms with E-state index in [1.54, 1.807) is 7.11 Å². The van der Waals surface area contributed by atoms with E-state index in [4.69, 9.17) is 9.84 Å². The van der Waals surface area contributed by atoms with E-state index >= 15 is 0 Å². The molecule has 1 unspecified atom stereocenters. The predicted molar refractivity (Wildman–Crippen MR) is 81.0 cm³/mol. The number of carboxylic acid groups (broad SMARTS) is 1. The number of anilines is 1. The van der Waals surface area contributed by atoms with Gasteiger partial charge < -0.3 is 14.7 Å². The van der Waals surface area contributed by atoms with Crippen molar-refractivity contribution in [1.82, 2.24) is 14.8 Å². The lowest BCUT2D eigenvalue weighted by Gasteiger charge is -2.28. The topological polar surface area (TPSA) is 80.5 Å². The molecule has 1 aliphatic carbocycles. The fourth-order valence-corrected chi connectivity index (χ4v) is 3.04.